The van der Waals surface area contributed by atoms with E-state index in [0.29, 0.717) is 24.5 Å². The van der Waals surface area contributed by atoms with Gasteiger partial charge in [-0.3, -0.25) is 9.59 Å². The second-order valence-corrected chi connectivity index (χ2v) is 9.26. The Hall–Kier alpha value is -3.42. The number of alkyl carbamates (subject to hydrolysis) is 1. The molecule has 3 N–H and O–H groups in total. The molecule has 0 bridgehead atoms. The number of aliphatic carboxylic acids is 1. The summed E-state index contributed by atoms with van der Waals surface area (Å²) in [6, 6.07) is 3.96. The van der Waals surface area contributed by atoms with E-state index in [1.165, 1.54) is 7.11 Å². The second-order valence-electron chi connectivity index (χ2n) is 9.26. The average molecular weight is 557 g/mol. The predicted molar refractivity (Wildman–Crippen MR) is 138 cm³/mol. The topological polar surface area (TPSA) is 168 Å². The number of carbonyl (C=O) groups is 4. The summed E-state index contributed by atoms with van der Waals surface area (Å²) in [5, 5.41) is 14.0. The minimum absolute atomic E-state index is 0.0142. The molecule has 0 fully saturated rings. The maximum Gasteiger partial charge on any atom is 0.408 e. The molecular formula is C26H40N2O11. The van der Waals surface area contributed by atoms with Crippen molar-refractivity contribution < 1.29 is 52.7 Å². The third-order valence-corrected chi connectivity index (χ3v) is 5.00. The van der Waals surface area contributed by atoms with Gasteiger partial charge in [-0.05, 0) is 51.8 Å². The van der Waals surface area contributed by atoms with Crippen LogP contribution in [0.1, 0.15) is 52.2 Å². The number of amides is 2. The van der Waals surface area contributed by atoms with Crippen LogP contribution in [0.5, 0.6) is 5.75 Å². The smallest absolute Gasteiger partial charge is 0.408 e. The molecule has 0 aliphatic heterocycles. The number of carboxylic acids is 1. The molecule has 0 saturated carbocycles. The van der Waals surface area contributed by atoms with Gasteiger partial charge in [0.05, 0.1) is 19.8 Å². The number of benzene rings is 1. The van der Waals surface area contributed by atoms with Crippen LogP contribution in [-0.4, -0.2) is 87.6 Å². The van der Waals surface area contributed by atoms with Crippen molar-refractivity contribution in [3.8, 4) is 5.75 Å². The lowest BCUT2D eigenvalue weighted by molar-refractivity contribution is -0.152. The Labute approximate surface area is 228 Å². The molecule has 39 heavy (non-hydrogen) atoms. The van der Waals surface area contributed by atoms with Crippen molar-refractivity contribution >= 4 is 23.9 Å². The maximum absolute atomic E-state index is 13.2. The molecule has 0 heterocycles. The summed E-state index contributed by atoms with van der Waals surface area (Å²) in [6.45, 7) is 7.40. The largest absolute Gasteiger partial charge is 0.481 e. The molecule has 0 spiro atoms. The Morgan fingerprint density at radius 1 is 1.00 bits per heavy atom. The average Bonchev–Trinajstić information content (AvgIpc) is 2.85. The lowest BCUT2D eigenvalue weighted by atomic mass is 10.0. The number of methoxy groups -OCH3 is 2. The fraction of sp³-hybridized carbons (Fsp3) is 0.615. The molecule has 13 nitrogen and oxygen atoms in total. The number of nitrogens with one attached hydrogen (secondary N) is 2. The van der Waals surface area contributed by atoms with Crippen molar-refractivity contribution in [2.24, 2.45) is 0 Å². The quantitative estimate of drug-likeness (QED) is 0.146. The van der Waals surface area contributed by atoms with Gasteiger partial charge in [-0.2, -0.15) is 0 Å². The maximum atomic E-state index is 13.2. The molecule has 3 atom stereocenters. The second kappa shape index (κ2) is 17.2. The van der Waals surface area contributed by atoms with Crippen LogP contribution in [0.2, 0.25) is 0 Å². The number of hydrogen-bond acceptors (Lipinski definition) is 10. The molecule has 0 aliphatic rings. The van der Waals surface area contributed by atoms with Crippen LogP contribution in [0.15, 0.2) is 24.3 Å². The molecule has 0 radical (unpaired) electrons. The molecule has 13 heteroatoms. The highest BCUT2D eigenvalue weighted by Crippen LogP contribution is 2.25. The van der Waals surface area contributed by atoms with Crippen LogP contribution >= 0.6 is 0 Å². The van der Waals surface area contributed by atoms with Crippen molar-refractivity contribution in [1.82, 2.24) is 10.6 Å². The Bertz CT molecular complexity index is 915. The third-order valence-electron chi connectivity index (χ3n) is 5.00. The van der Waals surface area contributed by atoms with Crippen molar-refractivity contribution in [1.29, 1.82) is 0 Å². The molecule has 1 rings (SSSR count). The van der Waals surface area contributed by atoms with E-state index in [1.807, 2.05) is 0 Å². The lowest BCUT2D eigenvalue weighted by Crippen LogP contribution is -2.54. The number of hydrogen-bond donors (Lipinski definition) is 3. The third kappa shape index (κ3) is 13.3. The number of esters is 1. The SMILES string of the molecule is CCOC(=O)[C@@H](NC(=O)[C@H](CCC(=O)O)NC(=O)OC(C)(C)C)C(OC)c1ccc(OCOCCOC)cc1. The van der Waals surface area contributed by atoms with Crippen molar-refractivity contribution in [3.63, 3.8) is 0 Å². The highest BCUT2D eigenvalue weighted by atomic mass is 16.7. The number of ether oxygens (including phenoxy) is 6. The Morgan fingerprint density at radius 3 is 2.21 bits per heavy atom. The molecule has 1 aromatic carbocycles. The van der Waals surface area contributed by atoms with Crippen LogP contribution in [0.4, 0.5) is 4.79 Å². The van der Waals surface area contributed by atoms with Gasteiger partial charge in [0.2, 0.25) is 5.91 Å². The zero-order chi connectivity index (χ0) is 29.4. The van der Waals surface area contributed by atoms with Gasteiger partial charge in [0, 0.05) is 20.6 Å². The van der Waals surface area contributed by atoms with E-state index in [0.717, 1.165) is 0 Å². The highest BCUT2D eigenvalue weighted by molar-refractivity contribution is 5.90. The van der Waals surface area contributed by atoms with E-state index in [-0.39, 0.29) is 19.8 Å². The van der Waals surface area contributed by atoms with Gasteiger partial charge in [0.25, 0.3) is 0 Å². The Balaban J connectivity index is 3.09. The van der Waals surface area contributed by atoms with Crippen LogP contribution in [0.3, 0.4) is 0 Å². The monoisotopic (exact) mass is 556 g/mol. The minimum Gasteiger partial charge on any atom is -0.481 e. The zero-order valence-corrected chi connectivity index (χ0v) is 23.3. The summed E-state index contributed by atoms with van der Waals surface area (Å²) in [5.74, 6) is -2.26. The van der Waals surface area contributed by atoms with Crippen LogP contribution in [-0.2, 0) is 38.1 Å². The normalized spacial score (nSPS) is 13.5. The van der Waals surface area contributed by atoms with Gasteiger partial charge in [0.1, 0.15) is 23.5 Å². The number of rotatable bonds is 17. The molecular weight excluding hydrogens is 516 g/mol. The Morgan fingerprint density at radius 2 is 1.67 bits per heavy atom. The van der Waals surface area contributed by atoms with Gasteiger partial charge in [-0.1, -0.05) is 12.1 Å². The van der Waals surface area contributed by atoms with E-state index in [2.05, 4.69) is 10.6 Å². The first-order valence-electron chi connectivity index (χ1n) is 12.4. The van der Waals surface area contributed by atoms with Crippen molar-refractivity contribution in [2.75, 3.05) is 40.8 Å². The van der Waals surface area contributed by atoms with E-state index >= 15 is 0 Å². The molecule has 1 aromatic rings. The molecule has 0 aliphatic carbocycles. The number of carboxylic acid groups (broad SMARTS) is 1. The fourth-order valence-corrected chi connectivity index (χ4v) is 3.26. The summed E-state index contributed by atoms with van der Waals surface area (Å²) in [6.07, 6.45) is -2.55. The van der Waals surface area contributed by atoms with Gasteiger partial charge in [-0.15, -0.1) is 0 Å². The molecule has 1 unspecified atom stereocenters. The van der Waals surface area contributed by atoms with Crippen molar-refractivity contribution in [2.45, 2.75) is 64.3 Å². The minimum atomic E-state index is -1.32. The first kappa shape index (κ1) is 33.6. The van der Waals surface area contributed by atoms with E-state index in [9.17, 15) is 19.2 Å². The van der Waals surface area contributed by atoms with Crippen molar-refractivity contribution in [3.05, 3.63) is 29.8 Å². The van der Waals surface area contributed by atoms with Crippen LogP contribution < -0.4 is 15.4 Å². The van der Waals surface area contributed by atoms with E-state index in [4.69, 9.17) is 33.5 Å². The van der Waals surface area contributed by atoms with Crippen LogP contribution in [0, 0.1) is 0 Å². The number of carbonyl (C=O) groups excluding carboxylic acids is 3. The zero-order valence-electron chi connectivity index (χ0n) is 23.3. The highest BCUT2D eigenvalue weighted by Gasteiger charge is 2.35. The van der Waals surface area contributed by atoms with Gasteiger partial charge in [-0.25, -0.2) is 9.59 Å². The summed E-state index contributed by atoms with van der Waals surface area (Å²) >= 11 is 0. The fourth-order valence-electron chi connectivity index (χ4n) is 3.26. The molecule has 2 amide bonds. The van der Waals surface area contributed by atoms with Gasteiger partial charge in [0.15, 0.2) is 12.8 Å². The lowest BCUT2D eigenvalue weighted by Gasteiger charge is -2.28. The molecule has 0 aromatic heterocycles. The summed E-state index contributed by atoms with van der Waals surface area (Å²) in [4.78, 5) is 49.5. The van der Waals surface area contributed by atoms with E-state index < -0.39 is 54.1 Å². The molecule has 220 valence electrons. The first-order chi connectivity index (χ1) is 18.4. The summed E-state index contributed by atoms with van der Waals surface area (Å²) in [5.41, 5.74) is -0.330. The first-order valence-corrected chi connectivity index (χ1v) is 12.4. The van der Waals surface area contributed by atoms with Crippen LogP contribution in [0.25, 0.3) is 0 Å². The molecule has 0 saturated heterocycles. The standard InChI is InChI=1S/C26H40N2O11/c1-7-37-24(32)21(22(35-6)17-8-10-18(11-9-17)38-16-36-15-14-34-5)28-23(31)19(12-13-20(29)30)27-25(33)39-26(2,3)4/h8-11,19,21-22H,7,12-16H2,1-6H3,(H,27,33)(H,28,31)(H,29,30)/t19-,21-,22?/m0/s1. The summed E-state index contributed by atoms with van der Waals surface area (Å²) in [7, 11) is 2.92. The van der Waals surface area contributed by atoms with Gasteiger partial charge < -0.3 is 44.2 Å². The van der Waals surface area contributed by atoms with Gasteiger partial charge >= 0.3 is 18.0 Å². The Kier molecular flexibility index (Phi) is 14.8. The summed E-state index contributed by atoms with van der Waals surface area (Å²) < 4.78 is 31.6. The predicted octanol–water partition coefficient (Wildman–Crippen LogP) is 2.18. The van der Waals surface area contributed by atoms with E-state index in [1.54, 1.807) is 59.1 Å².